The second-order valence-electron chi connectivity index (χ2n) is 4.21. The molecular weight excluding hydrogens is 194 g/mol. The molecule has 0 aromatic heterocycles. The van der Waals surface area contributed by atoms with E-state index in [0.29, 0.717) is 12.8 Å². The molecule has 0 saturated carbocycles. The third-order valence-electron chi connectivity index (χ3n) is 3.17. The Hall–Kier alpha value is -1.52. The highest BCUT2D eigenvalue weighted by Crippen LogP contribution is 2.26. The Labute approximate surface area is 88.5 Å². The monoisotopic (exact) mass is 209 g/mol. The Morgan fingerprint density at radius 3 is 2.40 bits per heavy atom. The number of piperidine rings is 1. The average Bonchev–Trinajstić information content (AvgIpc) is 2.42. The van der Waals surface area contributed by atoms with Gasteiger partial charge < -0.3 is 10.2 Å². The molecular formula is C10H15N3O2. The second kappa shape index (κ2) is 3.25. The van der Waals surface area contributed by atoms with Crippen LogP contribution in [0.25, 0.3) is 0 Å². The van der Waals surface area contributed by atoms with E-state index in [1.165, 1.54) is 0 Å². The largest absolute Gasteiger partial charge is 0.375 e. The first-order valence-corrected chi connectivity index (χ1v) is 5.07. The quantitative estimate of drug-likeness (QED) is 0.606. The van der Waals surface area contributed by atoms with Gasteiger partial charge in [-0.25, -0.2) is 4.79 Å². The van der Waals surface area contributed by atoms with Crippen molar-refractivity contribution in [3.8, 4) is 0 Å². The molecule has 3 amide bonds. The zero-order valence-electron chi connectivity index (χ0n) is 8.80. The highest BCUT2D eigenvalue weighted by Gasteiger charge is 2.47. The third-order valence-corrected chi connectivity index (χ3v) is 3.17. The van der Waals surface area contributed by atoms with E-state index >= 15 is 0 Å². The van der Waals surface area contributed by atoms with Crippen molar-refractivity contribution in [2.24, 2.45) is 0 Å². The lowest BCUT2D eigenvalue weighted by Gasteiger charge is -2.38. The molecule has 5 heteroatoms. The molecule has 2 fully saturated rings. The maximum Gasteiger partial charge on any atom is 0.322 e. The van der Waals surface area contributed by atoms with Gasteiger partial charge in [-0.3, -0.25) is 10.1 Å². The third kappa shape index (κ3) is 1.58. The van der Waals surface area contributed by atoms with Gasteiger partial charge in [0.25, 0.3) is 5.91 Å². The first-order chi connectivity index (χ1) is 7.03. The van der Waals surface area contributed by atoms with Crippen LogP contribution in [0.4, 0.5) is 4.79 Å². The van der Waals surface area contributed by atoms with E-state index in [9.17, 15) is 9.59 Å². The van der Waals surface area contributed by atoms with Gasteiger partial charge in [-0.15, -0.1) is 0 Å². The normalized spacial score (nSPS) is 23.9. The van der Waals surface area contributed by atoms with Crippen molar-refractivity contribution in [3.63, 3.8) is 0 Å². The van der Waals surface area contributed by atoms with E-state index in [2.05, 4.69) is 22.1 Å². The lowest BCUT2D eigenvalue weighted by atomic mass is 9.87. The topological polar surface area (TPSA) is 61.4 Å². The number of allylic oxidation sites excluding steroid dienone is 1. The minimum atomic E-state index is -0.664. The fourth-order valence-corrected chi connectivity index (χ4v) is 2.15. The van der Waals surface area contributed by atoms with Crippen molar-refractivity contribution in [1.29, 1.82) is 0 Å². The van der Waals surface area contributed by atoms with Crippen LogP contribution in [0.3, 0.4) is 0 Å². The molecule has 2 saturated heterocycles. The van der Waals surface area contributed by atoms with Crippen molar-refractivity contribution >= 4 is 11.9 Å². The number of rotatable bonds is 1. The number of hydrogen-bond donors (Lipinski definition) is 2. The molecule has 0 atom stereocenters. The molecule has 2 rings (SSSR count). The summed E-state index contributed by atoms with van der Waals surface area (Å²) in [5.41, 5.74) is 0.345. The number of nitrogens with one attached hydrogen (secondary N) is 2. The number of carbonyl (C=O) groups excluding carboxylic acids is 2. The van der Waals surface area contributed by atoms with Gasteiger partial charge >= 0.3 is 6.03 Å². The number of imide groups is 1. The Morgan fingerprint density at radius 2 is 2.00 bits per heavy atom. The molecule has 0 bridgehead atoms. The molecule has 2 heterocycles. The molecule has 15 heavy (non-hydrogen) atoms. The molecule has 82 valence electrons. The maximum absolute atomic E-state index is 11.6. The highest BCUT2D eigenvalue weighted by atomic mass is 16.2. The molecule has 0 radical (unpaired) electrons. The Morgan fingerprint density at radius 1 is 1.40 bits per heavy atom. The van der Waals surface area contributed by atoms with Crippen LogP contribution in [0.2, 0.25) is 0 Å². The lowest BCUT2D eigenvalue weighted by molar-refractivity contribution is -0.125. The van der Waals surface area contributed by atoms with E-state index in [-0.39, 0.29) is 11.9 Å². The smallest absolute Gasteiger partial charge is 0.322 e. The van der Waals surface area contributed by atoms with Crippen LogP contribution >= 0.6 is 0 Å². The summed E-state index contributed by atoms with van der Waals surface area (Å²) in [6, 6.07) is -0.372. The van der Waals surface area contributed by atoms with Crippen LogP contribution in [0, 0.1) is 0 Å². The zero-order chi connectivity index (χ0) is 11.1. The van der Waals surface area contributed by atoms with Gasteiger partial charge in [-0.1, -0.05) is 6.58 Å². The van der Waals surface area contributed by atoms with Gasteiger partial charge in [0.05, 0.1) is 0 Å². The van der Waals surface area contributed by atoms with Gasteiger partial charge in [-0.05, 0) is 19.8 Å². The van der Waals surface area contributed by atoms with E-state index in [1.807, 2.05) is 6.92 Å². The van der Waals surface area contributed by atoms with Crippen molar-refractivity contribution in [3.05, 3.63) is 12.3 Å². The van der Waals surface area contributed by atoms with Crippen molar-refractivity contribution < 1.29 is 9.59 Å². The van der Waals surface area contributed by atoms with E-state index < -0.39 is 5.54 Å². The summed E-state index contributed by atoms with van der Waals surface area (Å²) < 4.78 is 0. The van der Waals surface area contributed by atoms with Gasteiger partial charge in [0.15, 0.2) is 0 Å². The zero-order valence-corrected chi connectivity index (χ0v) is 8.80. The van der Waals surface area contributed by atoms with Crippen LogP contribution in [-0.2, 0) is 4.79 Å². The van der Waals surface area contributed by atoms with E-state index in [0.717, 1.165) is 18.8 Å². The molecule has 2 aliphatic rings. The Balaban J connectivity index is 2.06. The first-order valence-electron chi connectivity index (χ1n) is 5.07. The predicted molar refractivity (Wildman–Crippen MR) is 55.0 cm³/mol. The Bertz CT molecular complexity index is 330. The molecule has 0 aromatic carbocycles. The molecule has 0 aliphatic carbocycles. The van der Waals surface area contributed by atoms with Crippen molar-refractivity contribution in [2.75, 3.05) is 13.1 Å². The second-order valence-corrected chi connectivity index (χ2v) is 4.21. The number of amides is 3. The summed E-state index contributed by atoms with van der Waals surface area (Å²) in [4.78, 5) is 24.8. The van der Waals surface area contributed by atoms with Crippen molar-refractivity contribution in [2.45, 2.75) is 25.3 Å². The number of urea groups is 1. The number of hydrogen-bond acceptors (Lipinski definition) is 3. The van der Waals surface area contributed by atoms with Crippen LogP contribution in [0.1, 0.15) is 19.8 Å². The maximum atomic E-state index is 11.6. The summed E-state index contributed by atoms with van der Waals surface area (Å²) in [5, 5.41) is 5.01. The first kappa shape index (κ1) is 10.0. The van der Waals surface area contributed by atoms with Crippen LogP contribution in [0.15, 0.2) is 12.3 Å². The van der Waals surface area contributed by atoms with Crippen LogP contribution in [-0.4, -0.2) is 35.5 Å². The average molecular weight is 209 g/mol. The minimum Gasteiger partial charge on any atom is -0.375 e. The van der Waals surface area contributed by atoms with Gasteiger partial charge in [0.2, 0.25) is 0 Å². The summed E-state index contributed by atoms with van der Waals surface area (Å²) in [6.07, 6.45) is 1.30. The highest BCUT2D eigenvalue weighted by molar-refractivity contribution is 6.07. The number of nitrogens with zero attached hydrogens (tertiary/aromatic N) is 1. The molecule has 0 unspecified atom stereocenters. The fourth-order valence-electron chi connectivity index (χ4n) is 2.15. The fraction of sp³-hybridized carbons (Fsp3) is 0.600. The number of carbonyl (C=O) groups is 2. The van der Waals surface area contributed by atoms with Crippen LogP contribution in [0.5, 0.6) is 0 Å². The number of likely N-dealkylation sites (tertiary alicyclic amines) is 1. The lowest BCUT2D eigenvalue weighted by Crippen LogP contribution is -2.54. The molecule has 0 aromatic rings. The summed E-state index contributed by atoms with van der Waals surface area (Å²) in [5.74, 6) is -0.186. The standard InChI is InChI=1S/C10H15N3O2/c1-7(2)13-5-3-10(4-6-13)8(14)11-9(15)12-10/h1,3-6H2,2H3,(H2,11,12,14,15). The summed E-state index contributed by atoms with van der Waals surface area (Å²) >= 11 is 0. The molecule has 2 aliphatic heterocycles. The summed E-state index contributed by atoms with van der Waals surface area (Å²) in [7, 11) is 0. The minimum absolute atomic E-state index is 0.186. The SMILES string of the molecule is C=C(C)N1CCC2(CC1)NC(=O)NC2=O. The Kier molecular flexibility index (Phi) is 2.17. The van der Waals surface area contributed by atoms with E-state index in [4.69, 9.17) is 0 Å². The molecule has 1 spiro atoms. The summed E-state index contributed by atoms with van der Waals surface area (Å²) in [6.45, 7) is 7.35. The molecule has 5 nitrogen and oxygen atoms in total. The van der Waals surface area contributed by atoms with Gasteiger partial charge in [0.1, 0.15) is 5.54 Å². The molecule has 2 N–H and O–H groups in total. The van der Waals surface area contributed by atoms with Gasteiger partial charge in [-0.2, -0.15) is 0 Å². The van der Waals surface area contributed by atoms with E-state index in [1.54, 1.807) is 0 Å². The van der Waals surface area contributed by atoms with Crippen LogP contribution < -0.4 is 10.6 Å². The van der Waals surface area contributed by atoms with Crippen molar-refractivity contribution in [1.82, 2.24) is 15.5 Å². The predicted octanol–water partition coefficient (Wildman–Crippen LogP) is 0.194. The van der Waals surface area contributed by atoms with Gasteiger partial charge in [0, 0.05) is 18.8 Å².